The quantitative estimate of drug-likeness (QED) is 0.865. The van der Waals surface area contributed by atoms with Gasteiger partial charge in [0.25, 0.3) is 5.91 Å². The van der Waals surface area contributed by atoms with Crippen LogP contribution in [0.3, 0.4) is 0 Å². The van der Waals surface area contributed by atoms with Crippen LogP contribution in [0, 0.1) is 13.8 Å². The predicted octanol–water partition coefficient (Wildman–Crippen LogP) is 2.71. The monoisotopic (exact) mass is 381 g/mol. The molecule has 2 aromatic carbocycles. The van der Waals surface area contributed by atoms with Crippen LogP contribution in [0.2, 0.25) is 0 Å². The zero-order valence-electron chi connectivity index (χ0n) is 16.7. The lowest BCUT2D eigenvalue weighted by atomic mass is 10.1. The maximum Gasteiger partial charge on any atom is 0.253 e. The van der Waals surface area contributed by atoms with Gasteiger partial charge < -0.3 is 15.0 Å². The molecule has 6 nitrogen and oxygen atoms in total. The number of hydrogen-bond acceptors (Lipinski definition) is 4. The fourth-order valence-corrected chi connectivity index (χ4v) is 3.24. The van der Waals surface area contributed by atoms with Gasteiger partial charge in [-0.1, -0.05) is 6.07 Å². The number of piperazine rings is 1. The van der Waals surface area contributed by atoms with Crippen LogP contribution in [0.15, 0.2) is 42.5 Å². The Kier molecular flexibility index (Phi) is 6.31. The maximum atomic E-state index is 12.7. The Labute approximate surface area is 166 Å². The fourth-order valence-electron chi connectivity index (χ4n) is 3.24. The third kappa shape index (κ3) is 4.89. The highest BCUT2D eigenvalue weighted by Crippen LogP contribution is 2.16. The third-order valence-corrected chi connectivity index (χ3v) is 5.15. The van der Waals surface area contributed by atoms with Crippen molar-refractivity contribution in [3.63, 3.8) is 0 Å². The number of ether oxygens (including phenoxy) is 1. The lowest BCUT2D eigenvalue weighted by molar-refractivity contribution is -0.117. The van der Waals surface area contributed by atoms with Crippen molar-refractivity contribution >= 4 is 17.5 Å². The molecule has 0 aromatic heterocycles. The predicted molar refractivity (Wildman–Crippen MR) is 110 cm³/mol. The Morgan fingerprint density at radius 3 is 2.25 bits per heavy atom. The largest absolute Gasteiger partial charge is 0.497 e. The molecule has 2 amide bonds. The summed E-state index contributed by atoms with van der Waals surface area (Å²) in [7, 11) is 1.61. The molecule has 0 unspecified atom stereocenters. The minimum atomic E-state index is -0.0564. The number of benzene rings is 2. The van der Waals surface area contributed by atoms with Gasteiger partial charge in [-0.05, 0) is 61.4 Å². The average Bonchev–Trinajstić information content (AvgIpc) is 2.70. The smallest absolute Gasteiger partial charge is 0.253 e. The molecule has 0 bridgehead atoms. The van der Waals surface area contributed by atoms with E-state index in [2.05, 4.69) is 10.2 Å². The van der Waals surface area contributed by atoms with E-state index in [1.165, 1.54) is 5.56 Å². The first-order chi connectivity index (χ1) is 13.5. The van der Waals surface area contributed by atoms with E-state index in [9.17, 15) is 9.59 Å². The van der Waals surface area contributed by atoms with Gasteiger partial charge in [-0.25, -0.2) is 0 Å². The average molecular weight is 381 g/mol. The number of anilines is 1. The van der Waals surface area contributed by atoms with E-state index in [4.69, 9.17) is 4.74 Å². The van der Waals surface area contributed by atoms with Crippen molar-refractivity contribution in [2.75, 3.05) is 45.2 Å². The topological polar surface area (TPSA) is 61.9 Å². The van der Waals surface area contributed by atoms with E-state index in [1.807, 2.05) is 61.2 Å². The molecule has 28 heavy (non-hydrogen) atoms. The molecular weight excluding hydrogens is 354 g/mol. The van der Waals surface area contributed by atoms with Gasteiger partial charge in [0.05, 0.1) is 13.7 Å². The molecule has 148 valence electrons. The highest BCUT2D eigenvalue weighted by molar-refractivity contribution is 5.95. The van der Waals surface area contributed by atoms with Gasteiger partial charge in [0, 0.05) is 37.4 Å². The van der Waals surface area contributed by atoms with E-state index < -0.39 is 0 Å². The second-order valence-electron chi connectivity index (χ2n) is 7.14. The molecule has 3 rings (SSSR count). The maximum absolute atomic E-state index is 12.7. The van der Waals surface area contributed by atoms with Crippen LogP contribution in [-0.2, 0) is 4.79 Å². The summed E-state index contributed by atoms with van der Waals surface area (Å²) < 4.78 is 5.12. The summed E-state index contributed by atoms with van der Waals surface area (Å²) in [5, 5.41) is 2.90. The molecule has 0 aliphatic carbocycles. The summed E-state index contributed by atoms with van der Waals surface area (Å²) in [6.07, 6.45) is 0. The van der Waals surface area contributed by atoms with Crippen LogP contribution in [0.25, 0.3) is 0 Å². The summed E-state index contributed by atoms with van der Waals surface area (Å²) in [4.78, 5) is 28.9. The van der Waals surface area contributed by atoms with Gasteiger partial charge in [-0.2, -0.15) is 0 Å². The number of nitrogens with zero attached hydrogens (tertiary/aromatic N) is 2. The van der Waals surface area contributed by atoms with Crippen LogP contribution in [-0.4, -0.2) is 61.4 Å². The van der Waals surface area contributed by atoms with Crippen molar-refractivity contribution in [2.24, 2.45) is 0 Å². The summed E-state index contributed by atoms with van der Waals surface area (Å²) in [6.45, 7) is 7.00. The highest BCUT2D eigenvalue weighted by Gasteiger charge is 2.23. The number of amides is 2. The molecule has 0 radical (unpaired) electrons. The number of carbonyl (C=O) groups excluding carboxylic acids is 2. The van der Waals surface area contributed by atoms with Crippen LogP contribution in [0.4, 0.5) is 5.69 Å². The van der Waals surface area contributed by atoms with Crippen LogP contribution < -0.4 is 10.1 Å². The van der Waals surface area contributed by atoms with Crippen LogP contribution >= 0.6 is 0 Å². The van der Waals surface area contributed by atoms with Gasteiger partial charge >= 0.3 is 0 Å². The number of carbonyl (C=O) groups is 2. The van der Waals surface area contributed by atoms with Gasteiger partial charge in [0.15, 0.2) is 0 Å². The van der Waals surface area contributed by atoms with Crippen molar-refractivity contribution in [3.8, 4) is 5.75 Å². The van der Waals surface area contributed by atoms with E-state index in [0.717, 1.165) is 22.6 Å². The fraction of sp³-hybridized carbons (Fsp3) is 0.364. The molecule has 1 aliphatic heterocycles. The minimum absolute atomic E-state index is 0.0564. The Balaban J connectivity index is 1.48. The summed E-state index contributed by atoms with van der Waals surface area (Å²) in [5.74, 6) is 0.757. The van der Waals surface area contributed by atoms with Gasteiger partial charge in [0.1, 0.15) is 5.75 Å². The molecular formula is C22H27N3O3. The summed E-state index contributed by atoms with van der Waals surface area (Å²) in [5.41, 5.74) is 3.78. The molecule has 1 saturated heterocycles. The SMILES string of the molecule is COc1ccc(NC(=O)CN2CCN(C(=O)c3ccc(C)c(C)c3)CC2)cc1. The Hall–Kier alpha value is -2.86. The second kappa shape index (κ2) is 8.89. The molecule has 1 N–H and O–H groups in total. The Morgan fingerprint density at radius 2 is 1.64 bits per heavy atom. The lowest BCUT2D eigenvalue weighted by Crippen LogP contribution is -2.50. The van der Waals surface area contributed by atoms with E-state index in [0.29, 0.717) is 32.7 Å². The molecule has 6 heteroatoms. The molecule has 1 heterocycles. The lowest BCUT2D eigenvalue weighted by Gasteiger charge is -2.34. The zero-order valence-corrected chi connectivity index (χ0v) is 16.7. The van der Waals surface area contributed by atoms with Crippen molar-refractivity contribution in [1.82, 2.24) is 9.80 Å². The van der Waals surface area contributed by atoms with Gasteiger partial charge in [-0.15, -0.1) is 0 Å². The normalized spacial score (nSPS) is 14.6. The standard InChI is InChI=1S/C22H27N3O3/c1-16-4-5-18(14-17(16)2)22(27)25-12-10-24(11-13-25)15-21(26)23-19-6-8-20(28-3)9-7-19/h4-9,14H,10-13,15H2,1-3H3,(H,23,26). The van der Waals surface area contributed by atoms with E-state index in [1.54, 1.807) is 7.11 Å². The van der Waals surface area contributed by atoms with Gasteiger partial charge in [-0.3, -0.25) is 14.5 Å². The summed E-state index contributed by atoms with van der Waals surface area (Å²) >= 11 is 0. The first kappa shape index (κ1) is 19.9. The number of aryl methyl sites for hydroxylation is 2. The van der Waals surface area contributed by atoms with Crippen LogP contribution in [0.5, 0.6) is 5.75 Å². The van der Waals surface area contributed by atoms with Crippen molar-refractivity contribution in [2.45, 2.75) is 13.8 Å². The molecule has 1 fully saturated rings. The highest BCUT2D eigenvalue weighted by atomic mass is 16.5. The van der Waals surface area contributed by atoms with Crippen molar-refractivity contribution < 1.29 is 14.3 Å². The molecule has 1 aliphatic rings. The van der Waals surface area contributed by atoms with Crippen LogP contribution in [0.1, 0.15) is 21.5 Å². The number of methoxy groups -OCH3 is 1. The third-order valence-electron chi connectivity index (χ3n) is 5.15. The van der Waals surface area contributed by atoms with Crippen molar-refractivity contribution in [3.05, 3.63) is 59.2 Å². The first-order valence-corrected chi connectivity index (χ1v) is 9.49. The zero-order chi connectivity index (χ0) is 20.1. The Morgan fingerprint density at radius 1 is 0.964 bits per heavy atom. The number of hydrogen-bond donors (Lipinski definition) is 1. The molecule has 2 aromatic rings. The minimum Gasteiger partial charge on any atom is -0.497 e. The number of rotatable bonds is 5. The van der Waals surface area contributed by atoms with E-state index in [-0.39, 0.29) is 11.8 Å². The second-order valence-corrected chi connectivity index (χ2v) is 7.14. The van der Waals surface area contributed by atoms with Gasteiger partial charge in [0.2, 0.25) is 5.91 Å². The molecule has 0 saturated carbocycles. The molecule has 0 spiro atoms. The Bertz CT molecular complexity index is 841. The number of nitrogens with one attached hydrogen (secondary N) is 1. The summed E-state index contributed by atoms with van der Waals surface area (Å²) in [6, 6.07) is 13.1. The molecule has 0 atom stereocenters. The first-order valence-electron chi connectivity index (χ1n) is 9.49. The van der Waals surface area contributed by atoms with E-state index >= 15 is 0 Å². The van der Waals surface area contributed by atoms with Crippen molar-refractivity contribution in [1.29, 1.82) is 0 Å².